The first kappa shape index (κ1) is 19.0. The van der Waals surface area contributed by atoms with Crippen LogP contribution in [0.3, 0.4) is 0 Å². The molecule has 1 aliphatic rings. The van der Waals surface area contributed by atoms with Gasteiger partial charge in [0.05, 0.1) is 19.1 Å². The lowest BCUT2D eigenvalue weighted by molar-refractivity contribution is -0.0501. The average molecular weight is 402 g/mol. The minimum absolute atomic E-state index is 0.0208. The van der Waals surface area contributed by atoms with Crippen molar-refractivity contribution in [3.05, 3.63) is 46.5 Å². The number of aliphatic hydroxyl groups excluding tert-OH is 3. The highest BCUT2D eigenvalue weighted by Gasteiger charge is 2.45. The van der Waals surface area contributed by atoms with E-state index in [0.717, 1.165) is 0 Å². The van der Waals surface area contributed by atoms with Crippen LogP contribution in [0.5, 0.6) is 5.75 Å². The number of aromatic nitrogens is 4. The Hall–Kier alpha value is -3.32. The van der Waals surface area contributed by atoms with Crippen LogP contribution in [0, 0.1) is 0 Å². The quantitative estimate of drug-likeness (QED) is 0.228. The topological polar surface area (TPSA) is 178 Å². The summed E-state index contributed by atoms with van der Waals surface area (Å²) >= 11 is 0. The van der Waals surface area contributed by atoms with Gasteiger partial charge in [0.2, 0.25) is 5.95 Å². The molecule has 12 nitrogen and oxygen atoms in total. The minimum atomic E-state index is -1.40. The Kier molecular flexibility index (Phi) is 4.98. The van der Waals surface area contributed by atoms with Crippen molar-refractivity contribution in [3.8, 4) is 5.75 Å². The number of hydrazone groups is 1. The zero-order valence-electron chi connectivity index (χ0n) is 14.9. The van der Waals surface area contributed by atoms with Crippen molar-refractivity contribution >= 4 is 23.3 Å². The Labute approximate surface area is 162 Å². The summed E-state index contributed by atoms with van der Waals surface area (Å²) in [5.41, 5.74) is 2.92. The van der Waals surface area contributed by atoms with E-state index in [-0.39, 0.29) is 22.9 Å². The third-order valence-electron chi connectivity index (χ3n) is 4.53. The number of aliphatic hydroxyl groups is 3. The summed E-state index contributed by atoms with van der Waals surface area (Å²) in [6.07, 6.45) is -2.27. The molecule has 0 spiro atoms. The van der Waals surface area contributed by atoms with Crippen LogP contribution in [0.25, 0.3) is 11.2 Å². The van der Waals surface area contributed by atoms with Crippen LogP contribution >= 0.6 is 0 Å². The number of anilines is 1. The lowest BCUT2D eigenvalue weighted by Gasteiger charge is -2.18. The number of hydrogen-bond donors (Lipinski definition) is 6. The minimum Gasteiger partial charge on any atom is -0.508 e. The van der Waals surface area contributed by atoms with Crippen LogP contribution in [0.1, 0.15) is 11.8 Å². The van der Waals surface area contributed by atoms with Gasteiger partial charge in [-0.05, 0) is 29.8 Å². The number of fused-ring (bicyclic) bond motifs is 1. The van der Waals surface area contributed by atoms with Crippen molar-refractivity contribution in [2.24, 2.45) is 5.10 Å². The summed E-state index contributed by atoms with van der Waals surface area (Å²) < 4.78 is 6.84. The Morgan fingerprint density at radius 1 is 1.28 bits per heavy atom. The SMILES string of the molecule is O=c1[nH]cnc2c1nc(N/N=C/c1ccc(O)cc1)n2C1OC(CO)C(O)C1O. The van der Waals surface area contributed by atoms with Crippen molar-refractivity contribution in [2.45, 2.75) is 24.5 Å². The molecular formula is C17H18N6O6. The van der Waals surface area contributed by atoms with E-state index in [0.29, 0.717) is 5.56 Å². The van der Waals surface area contributed by atoms with Crippen LogP contribution in [-0.2, 0) is 4.74 Å². The molecule has 6 N–H and O–H groups in total. The van der Waals surface area contributed by atoms with E-state index < -0.39 is 36.7 Å². The number of imidazole rings is 1. The standard InChI is InChI=1S/C17H18N6O6/c24-6-10-12(26)13(27)16(29-10)23-14-11(15(28)19-7-18-14)21-17(23)22-20-5-8-1-3-9(25)4-2-8/h1-5,7,10,12-13,16,24-27H,6H2,(H,21,22)(H,18,19,28)/b20-5+. The van der Waals surface area contributed by atoms with Crippen LogP contribution in [0.2, 0.25) is 0 Å². The number of phenolic OH excluding ortho intramolecular Hbond substituents is 1. The van der Waals surface area contributed by atoms with Gasteiger partial charge in [-0.15, -0.1) is 0 Å². The fourth-order valence-electron chi connectivity index (χ4n) is 3.06. The van der Waals surface area contributed by atoms with Crippen molar-refractivity contribution in [1.82, 2.24) is 19.5 Å². The van der Waals surface area contributed by atoms with Crippen molar-refractivity contribution in [3.63, 3.8) is 0 Å². The molecule has 0 amide bonds. The second kappa shape index (κ2) is 7.60. The number of ether oxygens (including phenoxy) is 1. The predicted octanol–water partition coefficient (Wildman–Crippen LogP) is -1.12. The maximum Gasteiger partial charge on any atom is 0.278 e. The number of aromatic amines is 1. The largest absolute Gasteiger partial charge is 0.508 e. The number of hydrogen-bond acceptors (Lipinski definition) is 10. The van der Waals surface area contributed by atoms with Gasteiger partial charge in [0.25, 0.3) is 5.56 Å². The summed E-state index contributed by atoms with van der Waals surface area (Å²) in [6.45, 7) is -0.503. The second-order valence-electron chi connectivity index (χ2n) is 6.40. The third kappa shape index (κ3) is 3.45. The van der Waals surface area contributed by atoms with E-state index in [1.54, 1.807) is 12.1 Å². The molecule has 2 aromatic heterocycles. The zero-order chi connectivity index (χ0) is 20.5. The first-order valence-electron chi connectivity index (χ1n) is 8.65. The Bertz CT molecular complexity index is 1090. The molecule has 0 bridgehead atoms. The normalized spacial score (nSPS) is 24.5. The molecule has 0 radical (unpaired) electrons. The number of rotatable bonds is 5. The fraction of sp³-hybridized carbons (Fsp3) is 0.294. The summed E-state index contributed by atoms with van der Waals surface area (Å²) in [4.78, 5) is 22.8. The highest BCUT2D eigenvalue weighted by atomic mass is 16.6. The van der Waals surface area contributed by atoms with E-state index in [2.05, 4.69) is 25.5 Å². The molecule has 12 heteroatoms. The van der Waals surface area contributed by atoms with Gasteiger partial charge in [0, 0.05) is 0 Å². The average Bonchev–Trinajstić information content (AvgIpc) is 3.22. The van der Waals surface area contributed by atoms with E-state index in [1.807, 2.05) is 0 Å². The first-order valence-corrected chi connectivity index (χ1v) is 8.65. The molecular weight excluding hydrogens is 384 g/mol. The number of H-pyrrole nitrogens is 1. The lowest BCUT2D eigenvalue weighted by atomic mass is 10.1. The molecule has 1 saturated heterocycles. The highest BCUT2D eigenvalue weighted by Crippen LogP contribution is 2.33. The van der Waals surface area contributed by atoms with Gasteiger partial charge in [-0.25, -0.2) is 15.4 Å². The number of aromatic hydroxyl groups is 1. The van der Waals surface area contributed by atoms with Crippen LogP contribution in [0.15, 0.2) is 40.5 Å². The maximum absolute atomic E-state index is 12.1. The maximum atomic E-state index is 12.1. The monoisotopic (exact) mass is 402 g/mol. The van der Waals surface area contributed by atoms with Crippen LogP contribution in [-0.4, -0.2) is 71.1 Å². The first-order chi connectivity index (χ1) is 14.0. The lowest BCUT2D eigenvalue weighted by Crippen LogP contribution is -2.33. The molecule has 1 fully saturated rings. The molecule has 4 rings (SSSR count). The molecule has 3 heterocycles. The summed E-state index contributed by atoms with van der Waals surface area (Å²) in [5, 5.41) is 43.1. The van der Waals surface area contributed by atoms with Gasteiger partial charge in [-0.2, -0.15) is 5.10 Å². The molecule has 4 unspecified atom stereocenters. The summed E-state index contributed by atoms with van der Waals surface area (Å²) in [5.74, 6) is 0.153. The highest BCUT2D eigenvalue weighted by molar-refractivity contribution is 5.80. The van der Waals surface area contributed by atoms with Gasteiger partial charge in [-0.1, -0.05) is 0 Å². The zero-order valence-corrected chi connectivity index (χ0v) is 14.9. The summed E-state index contributed by atoms with van der Waals surface area (Å²) in [6, 6.07) is 6.28. The molecule has 3 aromatic rings. The van der Waals surface area contributed by atoms with E-state index in [4.69, 9.17) is 4.74 Å². The van der Waals surface area contributed by atoms with Gasteiger partial charge in [0.1, 0.15) is 24.1 Å². The number of benzene rings is 1. The smallest absolute Gasteiger partial charge is 0.278 e. The van der Waals surface area contributed by atoms with Gasteiger partial charge in [0.15, 0.2) is 17.4 Å². The number of nitrogens with one attached hydrogen (secondary N) is 2. The van der Waals surface area contributed by atoms with Gasteiger partial charge >= 0.3 is 0 Å². The molecule has 0 aliphatic carbocycles. The molecule has 1 aliphatic heterocycles. The number of phenols is 1. The van der Waals surface area contributed by atoms with Crippen molar-refractivity contribution in [2.75, 3.05) is 12.0 Å². The third-order valence-corrected chi connectivity index (χ3v) is 4.53. The van der Waals surface area contributed by atoms with Gasteiger partial charge in [-0.3, -0.25) is 9.36 Å². The summed E-state index contributed by atoms with van der Waals surface area (Å²) in [7, 11) is 0. The van der Waals surface area contributed by atoms with Crippen LogP contribution < -0.4 is 11.0 Å². The van der Waals surface area contributed by atoms with Crippen molar-refractivity contribution < 1.29 is 25.2 Å². The molecule has 1 aromatic carbocycles. The Morgan fingerprint density at radius 2 is 2.03 bits per heavy atom. The Balaban J connectivity index is 1.72. The molecule has 29 heavy (non-hydrogen) atoms. The predicted molar refractivity (Wildman–Crippen MR) is 100 cm³/mol. The Morgan fingerprint density at radius 3 is 2.72 bits per heavy atom. The van der Waals surface area contributed by atoms with Gasteiger partial charge < -0.3 is 30.1 Å². The second-order valence-corrected chi connectivity index (χ2v) is 6.40. The van der Waals surface area contributed by atoms with Crippen LogP contribution in [0.4, 0.5) is 5.95 Å². The van der Waals surface area contributed by atoms with E-state index >= 15 is 0 Å². The fourth-order valence-corrected chi connectivity index (χ4v) is 3.06. The van der Waals surface area contributed by atoms with E-state index in [1.165, 1.54) is 29.2 Å². The van der Waals surface area contributed by atoms with E-state index in [9.17, 15) is 25.2 Å². The molecule has 152 valence electrons. The molecule has 4 atom stereocenters. The van der Waals surface area contributed by atoms with Crippen molar-refractivity contribution in [1.29, 1.82) is 0 Å². The number of nitrogens with zero attached hydrogens (tertiary/aromatic N) is 4. The molecule has 0 saturated carbocycles.